The minimum Gasteiger partial charge on any atom is -0.478 e. The molecular formula is C14H22N2O. The number of anilines is 1. The van der Waals surface area contributed by atoms with Crippen molar-refractivity contribution in [3.63, 3.8) is 0 Å². The second-order valence-corrected chi connectivity index (χ2v) is 5.16. The van der Waals surface area contributed by atoms with E-state index in [-0.39, 0.29) is 0 Å². The van der Waals surface area contributed by atoms with Crippen molar-refractivity contribution >= 4 is 5.82 Å². The van der Waals surface area contributed by atoms with Gasteiger partial charge in [0.15, 0.2) is 0 Å². The number of hydrogen-bond acceptors (Lipinski definition) is 3. The minimum absolute atomic E-state index is 0.503. The van der Waals surface area contributed by atoms with Crippen molar-refractivity contribution in [1.82, 2.24) is 4.98 Å². The smallest absolute Gasteiger partial charge is 0.215 e. The summed E-state index contributed by atoms with van der Waals surface area (Å²) < 4.78 is 5.39. The Morgan fingerprint density at radius 1 is 1.41 bits per heavy atom. The number of nitrogens with one attached hydrogen (secondary N) is 1. The van der Waals surface area contributed by atoms with E-state index in [1.807, 2.05) is 25.1 Å². The van der Waals surface area contributed by atoms with Gasteiger partial charge in [0.05, 0.1) is 6.61 Å². The molecule has 0 saturated heterocycles. The molecule has 0 atom stereocenters. The molecule has 2 rings (SSSR count). The summed E-state index contributed by atoms with van der Waals surface area (Å²) in [5.41, 5.74) is 0.503. The number of rotatable bonds is 6. The predicted octanol–water partition coefficient (Wildman–Crippen LogP) is 3.33. The summed E-state index contributed by atoms with van der Waals surface area (Å²) in [7, 11) is 0. The molecule has 0 amide bonds. The number of nitrogens with zero attached hydrogens (tertiary/aromatic N) is 1. The topological polar surface area (TPSA) is 34.1 Å². The zero-order chi connectivity index (χ0) is 12.3. The second-order valence-electron chi connectivity index (χ2n) is 5.16. The van der Waals surface area contributed by atoms with Crippen LogP contribution in [0.1, 0.15) is 33.6 Å². The summed E-state index contributed by atoms with van der Waals surface area (Å²) in [6.07, 6.45) is 2.67. The maximum atomic E-state index is 5.39. The lowest BCUT2D eigenvalue weighted by Gasteiger charge is -2.20. The molecule has 1 aliphatic rings. The fourth-order valence-corrected chi connectivity index (χ4v) is 2.13. The van der Waals surface area contributed by atoms with E-state index in [2.05, 4.69) is 24.1 Å². The van der Waals surface area contributed by atoms with Crippen molar-refractivity contribution < 1.29 is 4.74 Å². The third-order valence-electron chi connectivity index (χ3n) is 3.75. The van der Waals surface area contributed by atoms with Gasteiger partial charge in [-0.15, -0.1) is 0 Å². The molecule has 1 N–H and O–H groups in total. The minimum atomic E-state index is 0.503. The molecule has 17 heavy (non-hydrogen) atoms. The van der Waals surface area contributed by atoms with E-state index >= 15 is 0 Å². The molecule has 0 aromatic carbocycles. The van der Waals surface area contributed by atoms with Gasteiger partial charge in [-0.2, -0.15) is 4.98 Å². The third-order valence-corrected chi connectivity index (χ3v) is 3.75. The largest absolute Gasteiger partial charge is 0.478 e. The second kappa shape index (κ2) is 4.94. The first kappa shape index (κ1) is 12.2. The molecule has 1 aromatic rings. The quantitative estimate of drug-likeness (QED) is 0.819. The van der Waals surface area contributed by atoms with Crippen LogP contribution in [0.15, 0.2) is 18.2 Å². The van der Waals surface area contributed by atoms with Crippen molar-refractivity contribution in [3.8, 4) is 5.88 Å². The van der Waals surface area contributed by atoms with Crippen LogP contribution < -0.4 is 10.1 Å². The van der Waals surface area contributed by atoms with E-state index in [1.54, 1.807) is 0 Å². The number of hydrogen-bond donors (Lipinski definition) is 1. The summed E-state index contributed by atoms with van der Waals surface area (Å²) in [5.74, 6) is 2.36. The number of aromatic nitrogens is 1. The summed E-state index contributed by atoms with van der Waals surface area (Å²) >= 11 is 0. The van der Waals surface area contributed by atoms with Gasteiger partial charge in [-0.1, -0.05) is 19.9 Å². The number of ether oxygens (including phenoxy) is 1. The van der Waals surface area contributed by atoms with Crippen molar-refractivity contribution in [2.75, 3.05) is 18.5 Å². The predicted molar refractivity (Wildman–Crippen MR) is 70.4 cm³/mol. The molecule has 0 radical (unpaired) electrons. The lowest BCUT2D eigenvalue weighted by molar-refractivity contribution is 0.327. The normalized spacial score (nSPS) is 16.9. The van der Waals surface area contributed by atoms with Gasteiger partial charge in [-0.25, -0.2) is 0 Å². The SMILES string of the molecule is CCOc1cccc(NCC2(C(C)C)CC2)n1. The van der Waals surface area contributed by atoms with Crippen LogP contribution in [-0.4, -0.2) is 18.1 Å². The lowest BCUT2D eigenvalue weighted by Crippen LogP contribution is -2.21. The first-order chi connectivity index (χ1) is 8.16. The first-order valence-electron chi connectivity index (χ1n) is 6.50. The van der Waals surface area contributed by atoms with Gasteiger partial charge in [-0.3, -0.25) is 0 Å². The van der Waals surface area contributed by atoms with Gasteiger partial charge < -0.3 is 10.1 Å². The Morgan fingerprint density at radius 2 is 2.18 bits per heavy atom. The van der Waals surface area contributed by atoms with Gasteiger partial charge in [0.2, 0.25) is 5.88 Å². The Hall–Kier alpha value is -1.25. The van der Waals surface area contributed by atoms with Crippen molar-refractivity contribution in [2.45, 2.75) is 33.6 Å². The van der Waals surface area contributed by atoms with Crippen LogP contribution in [0.25, 0.3) is 0 Å². The molecular weight excluding hydrogens is 212 g/mol. The Balaban J connectivity index is 1.93. The van der Waals surface area contributed by atoms with Crippen LogP contribution in [0.3, 0.4) is 0 Å². The highest BCUT2D eigenvalue weighted by Crippen LogP contribution is 2.51. The van der Waals surface area contributed by atoms with Crippen LogP contribution in [0.2, 0.25) is 0 Å². The van der Waals surface area contributed by atoms with Crippen LogP contribution in [-0.2, 0) is 0 Å². The van der Waals surface area contributed by atoms with E-state index in [0.717, 1.165) is 18.3 Å². The molecule has 0 spiro atoms. The average molecular weight is 234 g/mol. The molecule has 1 saturated carbocycles. The van der Waals surface area contributed by atoms with E-state index in [9.17, 15) is 0 Å². The van der Waals surface area contributed by atoms with Crippen LogP contribution in [0, 0.1) is 11.3 Å². The first-order valence-corrected chi connectivity index (χ1v) is 6.50. The summed E-state index contributed by atoms with van der Waals surface area (Å²) in [4.78, 5) is 4.42. The highest BCUT2D eigenvalue weighted by atomic mass is 16.5. The fourth-order valence-electron chi connectivity index (χ4n) is 2.13. The molecule has 1 fully saturated rings. The molecule has 0 aliphatic heterocycles. The van der Waals surface area contributed by atoms with Crippen LogP contribution in [0.4, 0.5) is 5.82 Å². The molecule has 0 bridgehead atoms. The third kappa shape index (κ3) is 2.90. The molecule has 1 aromatic heterocycles. The fraction of sp³-hybridized carbons (Fsp3) is 0.643. The summed E-state index contributed by atoms with van der Waals surface area (Å²) in [6.45, 7) is 8.26. The van der Waals surface area contributed by atoms with Gasteiger partial charge in [0, 0.05) is 12.6 Å². The highest BCUT2D eigenvalue weighted by molar-refractivity contribution is 5.37. The van der Waals surface area contributed by atoms with Crippen LogP contribution in [0.5, 0.6) is 5.88 Å². The molecule has 3 nitrogen and oxygen atoms in total. The van der Waals surface area contributed by atoms with Crippen molar-refractivity contribution in [3.05, 3.63) is 18.2 Å². The zero-order valence-corrected chi connectivity index (χ0v) is 11.0. The summed E-state index contributed by atoms with van der Waals surface area (Å²) in [5, 5.41) is 3.44. The standard InChI is InChI=1S/C14H22N2O/c1-4-17-13-7-5-6-12(16-13)15-10-14(8-9-14)11(2)3/h5-7,11H,4,8-10H2,1-3H3,(H,15,16). The van der Waals surface area contributed by atoms with Gasteiger partial charge in [0.25, 0.3) is 0 Å². The molecule has 1 heterocycles. The van der Waals surface area contributed by atoms with E-state index in [1.165, 1.54) is 12.8 Å². The Labute approximate surface area is 104 Å². The van der Waals surface area contributed by atoms with Crippen LogP contribution >= 0.6 is 0 Å². The highest BCUT2D eigenvalue weighted by Gasteiger charge is 2.44. The number of pyridine rings is 1. The lowest BCUT2D eigenvalue weighted by atomic mass is 9.92. The molecule has 0 unspecified atom stereocenters. The van der Waals surface area contributed by atoms with Crippen molar-refractivity contribution in [1.29, 1.82) is 0 Å². The Bertz CT molecular complexity index is 372. The Kier molecular flexibility index (Phi) is 3.55. The Morgan fingerprint density at radius 3 is 2.76 bits per heavy atom. The monoisotopic (exact) mass is 234 g/mol. The zero-order valence-electron chi connectivity index (χ0n) is 11.0. The van der Waals surface area contributed by atoms with E-state index in [0.29, 0.717) is 17.9 Å². The van der Waals surface area contributed by atoms with E-state index < -0.39 is 0 Å². The van der Waals surface area contributed by atoms with Gasteiger partial charge >= 0.3 is 0 Å². The van der Waals surface area contributed by atoms with Gasteiger partial charge in [-0.05, 0) is 37.2 Å². The molecule has 94 valence electrons. The maximum absolute atomic E-state index is 5.39. The summed E-state index contributed by atoms with van der Waals surface area (Å²) in [6, 6.07) is 5.87. The maximum Gasteiger partial charge on any atom is 0.215 e. The van der Waals surface area contributed by atoms with Gasteiger partial charge in [0.1, 0.15) is 5.82 Å². The molecule has 1 aliphatic carbocycles. The average Bonchev–Trinajstić information content (AvgIpc) is 3.08. The van der Waals surface area contributed by atoms with Crippen molar-refractivity contribution in [2.24, 2.45) is 11.3 Å². The van der Waals surface area contributed by atoms with E-state index in [4.69, 9.17) is 4.74 Å². The molecule has 3 heteroatoms.